The quantitative estimate of drug-likeness (QED) is 0.612. The summed E-state index contributed by atoms with van der Waals surface area (Å²) < 4.78 is 5.22. The van der Waals surface area contributed by atoms with Crippen molar-refractivity contribution in [3.63, 3.8) is 0 Å². The van der Waals surface area contributed by atoms with E-state index >= 15 is 0 Å². The fourth-order valence-corrected chi connectivity index (χ4v) is 4.01. The van der Waals surface area contributed by atoms with E-state index in [0.717, 1.165) is 48.4 Å². The Kier molecular flexibility index (Phi) is 5.41. The molecule has 4 rings (SSSR count). The third-order valence-electron chi connectivity index (χ3n) is 5.51. The van der Waals surface area contributed by atoms with E-state index in [0.29, 0.717) is 13.0 Å². The smallest absolute Gasteiger partial charge is 0.141 e. The van der Waals surface area contributed by atoms with Crippen LogP contribution in [0, 0.1) is 0 Å². The largest absolute Gasteiger partial charge is 0.506 e. The molecule has 1 aromatic heterocycles. The molecule has 0 saturated carbocycles. The van der Waals surface area contributed by atoms with Crippen molar-refractivity contribution in [2.75, 3.05) is 44.7 Å². The zero-order chi connectivity index (χ0) is 19.5. The highest BCUT2D eigenvalue weighted by Crippen LogP contribution is 2.28. The van der Waals surface area contributed by atoms with Crippen LogP contribution in [0.15, 0.2) is 48.7 Å². The Labute approximate surface area is 165 Å². The first-order chi connectivity index (χ1) is 13.6. The number of nitrogens with zero attached hydrogens (tertiary/aromatic N) is 2. The summed E-state index contributed by atoms with van der Waals surface area (Å²) in [4.78, 5) is 7.72. The Morgan fingerprint density at radius 3 is 2.54 bits per heavy atom. The maximum atomic E-state index is 10.6. The average molecular weight is 381 g/mol. The van der Waals surface area contributed by atoms with Crippen LogP contribution in [0.1, 0.15) is 5.56 Å². The fraction of sp³-hybridized carbons (Fsp3) is 0.364. The number of hydrogen-bond acceptors (Lipinski definition) is 5. The van der Waals surface area contributed by atoms with Gasteiger partial charge in [-0.05, 0) is 35.9 Å². The van der Waals surface area contributed by atoms with Crippen molar-refractivity contribution < 1.29 is 14.9 Å². The molecule has 0 amide bonds. The van der Waals surface area contributed by atoms with Crippen LogP contribution < -0.4 is 9.64 Å². The highest BCUT2D eigenvalue weighted by atomic mass is 16.5. The van der Waals surface area contributed by atoms with Crippen LogP contribution in [-0.2, 0) is 6.42 Å². The van der Waals surface area contributed by atoms with Gasteiger partial charge in [0, 0.05) is 61.9 Å². The van der Waals surface area contributed by atoms with Gasteiger partial charge in [-0.25, -0.2) is 0 Å². The highest BCUT2D eigenvalue weighted by molar-refractivity contribution is 5.89. The number of benzene rings is 2. The predicted molar refractivity (Wildman–Crippen MR) is 111 cm³/mol. The predicted octanol–water partition coefficient (Wildman–Crippen LogP) is 2.61. The summed E-state index contributed by atoms with van der Waals surface area (Å²) in [6, 6.07) is 14.0. The summed E-state index contributed by atoms with van der Waals surface area (Å²) in [5.41, 5.74) is 3.08. The van der Waals surface area contributed by atoms with Crippen molar-refractivity contribution in [1.29, 1.82) is 0 Å². The third kappa shape index (κ3) is 3.93. The number of H-pyrrole nitrogens is 1. The zero-order valence-electron chi connectivity index (χ0n) is 16.1. The van der Waals surface area contributed by atoms with Crippen LogP contribution in [0.3, 0.4) is 0 Å². The van der Waals surface area contributed by atoms with E-state index in [4.69, 9.17) is 4.74 Å². The molecular formula is C22H27N3O3. The molecule has 1 atom stereocenters. The summed E-state index contributed by atoms with van der Waals surface area (Å²) in [5, 5.41) is 21.5. The van der Waals surface area contributed by atoms with Gasteiger partial charge < -0.3 is 24.8 Å². The summed E-state index contributed by atoms with van der Waals surface area (Å²) >= 11 is 0. The summed E-state index contributed by atoms with van der Waals surface area (Å²) in [6.45, 7) is 4.35. The van der Waals surface area contributed by atoms with Gasteiger partial charge in [-0.15, -0.1) is 0 Å². The summed E-state index contributed by atoms with van der Waals surface area (Å²) in [6.07, 6.45) is 1.66. The van der Waals surface area contributed by atoms with Gasteiger partial charge in [0.15, 0.2) is 0 Å². The number of methoxy groups -OCH3 is 1. The van der Waals surface area contributed by atoms with Gasteiger partial charge in [0.1, 0.15) is 11.5 Å². The molecule has 6 nitrogen and oxygen atoms in total. The van der Waals surface area contributed by atoms with E-state index in [1.54, 1.807) is 13.3 Å². The fourth-order valence-electron chi connectivity index (χ4n) is 4.01. The van der Waals surface area contributed by atoms with Crippen LogP contribution in [0.25, 0.3) is 10.9 Å². The lowest BCUT2D eigenvalue weighted by molar-refractivity contribution is 0.109. The molecule has 2 aromatic carbocycles. The molecule has 1 fully saturated rings. The number of piperazine rings is 1. The first kappa shape index (κ1) is 18.7. The van der Waals surface area contributed by atoms with Gasteiger partial charge in [0.2, 0.25) is 0 Å². The summed E-state index contributed by atoms with van der Waals surface area (Å²) in [7, 11) is 1.68. The molecule has 148 valence electrons. The third-order valence-corrected chi connectivity index (χ3v) is 5.51. The highest BCUT2D eigenvalue weighted by Gasteiger charge is 2.20. The number of aromatic amines is 1. The van der Waals surface area contributed by atoms with Gasteiger partial charge in [0.25, 0.3) is 0 Å². The number of hydrogen-bond donors (Lipinski definition) is 3. The number of aliphatic hydroxyl groups is 1. The van der Waals surface area contributed by atoms with E-state index in [-0.39, 0.29) is 5.75 Å². The Bertz CT molecular complexity index is 914. The molecule has 1 aliphatic heterocycles. The number of fused-ring (bicyclic) bond motifs is 1. The monoisotopic (exact) mass is 381 g/mol. The second-order valence-electron chi connectivity index (χ2n) is 7.36. The molecule has 0 bridgehead atoms. The maximum absolute atomic E-state index is 10.6. The number of aromatic hydroxyl groups is 1. The van der Waals surface area contributed by atoms with Crippen LogP contribution in [0.5, 0.6) is 11.5 Å². The van der Waals surface area contributed by atoms with Gasteiger partial charge in [-0.3, -0.25) is 4.90 Å². The number of rotatable bonds is 6. The second-order valence-corrected chi connectivity index (χ2v) is 7.36. The molecule has 0 spiro atoms. The first-order valence-corrected chi connectivity index (χ1v) is 9.71. The topological polar surface area (TPSA) is 72.0 Å². The molecule has 1 aliphatic rings. The molecule has 2 heterocycles. The van der Waals surface area contributed by atoms with Gasteiger partial charge >= 0.3 is 0 Å². The van der Waals surface area contributed by atoms with E-state index in [1.807, 2.05) is 30.3 Å². The maximum Gasteiger partial charge on any atom is 0.141 e. The summed E-state index contributed by atoms with van der Waals surface area (Å²) in [5.74, 6) is 1.11. The minimum Gasteiger partial charge on any atom is -0.506 e. The van der Waals surface area contributed by atoms with Crippen molar-refractivity contribution in [3.8, 4) is 11.5 Å². The second kappa shape index (κ2) is 8.12. The first-order valence-electron chi connectivity index (χ1n) is 9.71. The number of anilines is 1. The molecular weight excluding hydrogens is 354 g/mol. The van der Waals surface area contributed by atoms with E-state index < -0.39 is 6.10 Å². The van der Waals surface area contributed by atoms with Gasteiger partial charge in [-0.1, -0.05) is 12.1 Å². The van der Waals surface area contributed by atoms with Gasteiger partial charge in [-0.2, -0.15) is 0 Å². The van der Waals surface area contributed by atoms with E-state index in [9.17, 15) is 10.2 Å². The Balaban J connectivity index is 1.32. The Morgan fingerprint density at radius 2 is 1.82 bits per heavy atom. The Morgan fingerprint density at radius 1 is 1.07 bits per heavy atom. The number of ether oxygens (including phenoxy) is 1. The molecule has 0 aliphatic carbocycles. The van der Waals surface area contributed by atoms with Crippen LogP contribution in [-0.4, -0.2) is 66.0 Å². The van der Waals surface area contributed by atoms with Crippen molar-refractivity contribution in [2.24, 2.45) is 0 Å². The molecule has 1 saturated heterocycles. The lowest BCUT2D eigenvalue weighted by Crippen LogP contribution is -2.48. The lowest BCUT2D eigenvalue weighted by Gasteiger charge is -2.37. The minimum atomic E-state index is -0.465. The van der Waals surface area contributed by atoms with Crippen LogP contribution in [0.2, 0.25) is 0 Å². The van der Waals surface area contributed by atoms with E-state index in [2.05, 4.69) is 26.9 Å². The molecule has 3 N–H and O–H groups in total. The van der Waals surface area contributed by atoms with Crippen molar-refractivity contribution in [2.45, 2.75) is 12.5 Å². The molecule has 1 unspecified atom stereocenters. The SMILES string of the molecule is COc1ccc(N2CCN(CC(O)Cc3cccc4[nH]cc(O)c34)CC2)cc1. The molecule has 3 aromatic rings. The van der Waals surface area contributed by atoms with Crippen LogP contribution >= 0.6 is 0 Å². The number of aromatic nitrogens is 1. The number of aliphatic hydroxyl groups excluding tert-OH is 1. The molecule has 0 radical (unpaired) electrons. The van der Waals surface area contributed by atoms with Crippen molar-refractivity contribution >= 4 is 16.6 Å². The van der Waals surface area contributed by atoms with E-state index in [1.165, 1.54) is 5.69 Å². The van der Waals surface area contributed by atoms with Crippen molar-refractivity contribution in [3.05, 3.63) is 54.2 Å². The molecule has 6 heteroatoms. The number of nitrogens with one attached hydrogen (secondary N) is 1. The molecule has 28 heavy (non-hydrogen) atoms. The zero-order valence-corrected chi connectivity index (χ0v) is 16.1. The Hall–Kier alpha value is -2.70. The van der Waals surface area contributed by atoms with Crippen molar-refractivity contribution in [1.82, 2.24) is 9.88 Å². The van der Waals surface area contributed by atoms with Crippen LogP contribution in [0.4, 0.5) is 5.69 Å². The standard InChI is InChI=1S/C22H27N3O3/c1-28-19-7-5-17(6-8-19)25-11-9-24(10-12-25)15-18(26)13-16-3-2-4-20-22(16)21(27)14-23-20/h2-8,14,18,23,26-27H,9-13,15H2,1H3. The van der Waals surface area contributed by atoms with Gasteiger partial charge in [0.05, 0.1) is 13.2 Å². The number of β-amino-alcohol motifs (C(OH)–C–C–N with tert-alkyl or cyclic N) is 1. The normalized spacial score (nSPS) is 16.4. The lowest BCUT2D eigenvalue weighted by atomic mass is 10.0. The average Bonchev–Trinajstić information content (AvgIpc) is 3.11. The minimum absolute atomic E-state index is 0.242.